The number of aromatic hydroxyl groups is 1. The van der Waals surface area contributed by atoms with E-state index in [1.165, 1.54) is 11.1 Å². The number of fused-ring (bicyclic) bond motifs is 1. The Bertz CT molecular complexity index is 697. The predicted octanol–water partition coefficient (Wildman–Crippen LogP) is 2.61. The maximum atomic E-state index is 12.4. The van der Waals surface area contributed by atoms with E-state index in [0.717, 1.165) is 12.0 Å². The molecule has 2 aromatic rings. The fourth-order valence-corrected chi connectivity index (χ4v) is 2.76. The highest BCUT2D eigenvalue weighted by Gasteiger charge is 2.24. The fourth-order valence-electron chi connectivity index (χ4n) is 2.76. The van der Waals surface area contributed by atoms with Crippen LogP contribution in [-0.2, 0) is 24.2 Å². The average Bonchev–Trinajstić information content (AvgIpc) is 2.56. The van der Waals surface area contributed by atoms with Crippen LogP contribution >= 0.6 is 0 Å². The monoisotopic (exact) mass is 296 g/mol. The molecule has 114 valence electrons. The van der Waals surface area contributed by atoms with E-state index >= 15 is 0 Å². The van der Waals surface area contributed by atoms with E-state index in [-0.39, 0.29) is 17.7 Å². The van der Waals surface area contributed by atoms with Crippen molar-refractivity contribution in [2.45, 2.75) is 32.4 Å². The summed E-state index contributed by atoms with van der Waals surface area (Å²) in [5.41, 5.74) is 4.00. The standard InChI is InChI=1S/C18H20N2O2/c1-2-12-7-8-17(21)15(9-12)20-18(22)16-10-13-5-3-4-6-14(13)11-19-16/h3-9,16,19,21H,2,10-11H2,1H3,(H,20,22). The smallest absolute Gasteiger partial charge is 0.241 e. The van der Waals surface area contributed by atoms with E-state index in [1.807, 2.05) is 31.2 Å². The first-order valence-electron chi connectivity index (χ1n) is 7.60. The average molecular weight is 296 g/mol. The Hall–Kier alpha value is -2.33. The number of hydrogen-bond donors (Lipinski definition) is 3. The van der Waals surface area contributed by atoms with Crippen molar-refractivity contribution in [1.82, 2.24) is 5.32 Å². The molecule has 0 spiro atoms. The van der Waals surface area contributed by atoms with E-state index in [0.29, 0.717) is 18.7 Å². The van der Waals surface area contributed by atoms with Crippen LogP contribution < -0.4 is 10.6 Å². The van der Waals surface area contributed by atoms with E-state index in [1.54, 1.807) is 6.07 Å². The first kappa shape index (κ1) is 14.6. The van der Waals surface area contributed by atoms with Gasteiger partial charge in [0.05, 0.1) is 11.7 Å². The molecule has 0 fully saturated rings. The van der Waals surface area contributed by atoms with Crippen molar-refractivity contribution in [2.75, 3.05) is 5.32 Å². The number of anilines is 1. The molecule has 3 rings (SSSR count). The third kappa shape index (κ3) is 2.97. The van der Waals surface area contributed by atoms with Crippen molar-refractivity contribution < 1.29 is 9.90 Å². The van der Waals surface area contributed by atoms with Crippen LogP contribution in [0.4, 0.5) is 5.69 Å². The zero-order chi connectivity index (χ0) is 15.5. The van der Waals surface area contributed by atoms with Gasteiger partial charge in [0.25, 0.3) is 0 Å². The van der Waals surface area contributed by atoms with Gasteiger partial charge in [0, 0.05) is 6.54 Å². The largest absolute Gasteiger partial charge is 0.506 e. The van der Waals surface area contributed by atoms with Crippen LogP contribution in [0.15, 0.2) is 42.5 Å². The molecule has 1 unspecified atom stereocenters. The van der Waals surface area contributed by atoms with Crippen LogP contribution in [0.2, 0.25) is 0 Å². The second-order valence-corrected chi connectivity index (χ2v) is 5.60. The second-order valence-electron chi connectivity index (χ2n) is 5.60. The minimum Gasteiger partial charge on any atom is -0.506 e. The lowest BCUT2D eigenvalue weighted by atomic mass is 9.95. The Morgan fingerprint density at radius 1 is 1.27 bits per heavy atom. The summed E-state index contributed by atoms with van der Waals surface area (Å²) in [6.07, 6.45) is 1.52. The normalized spacial score (nSPS) is 16.9. The molecule has 0 saturated heterocycles. The number of nitrogens with one attached hydrogen (secondary N) is 2. The van der Waals surface area contributed by atoms with Crippen LogP contribution in [0.25, 0.3) is 0 Å². The summed E-state index contributed by atoms with van der Waals surface area (Å²) in [5.74, 6) is -0.0141. The number of amides is 1. The topological polar surface area (TPSA) is 61.4 Å². The molecule has 2 aromatic carbocycles. The fraction of sp³-hybridized carbons (Fsp3) is 0.278. The van der Waals surface area contributed by atoms with Crippen LogP contribution in [0.1, 0.15) is 23.6 Å². The van der Waals surface area contributed by atoms with Crippen molar-refractivity contribution in [3.8, 4) is 5.75 Å². The first-order valence-corrected chi connectivity index (χ1v) is 7.60. The molecule has 0 bridgehead atoms. The molecule has 22 heavy (non-hydrogen) atoms. The second kappa shape index (κ2) is 6.20. The number of benzene rings is 2. The Morgan fingerprint density at radius 2 is 2.05 bits per heavy atom. The molecule has 0 aromatic heterocycles. The van der Waals surface area contributed by atoms with Crippen molar-refractivity contribution in [2.24, 2.45) is 0 Å². The van der Waals surface area contributed by atoms with Crippen molar-refractivity contribution in [3.05, 3.63) is 59.2 Å². The van der Waals surface area contributed by atoms with Gasteiger partial charge < -0.3 is 15.7 Å². The minimum atomic E-state index is -0.278. The molecule has 4 nitrogen and oxygen atoms in total. The molecule has 4 heteroatoms. The number of hydrogen-bond acceptors (Lipinski definition) is 3. The molecule has 0 saturated carbocycles. The zero-order valence-electron chi connectivity index (χ0n) is 12.6. The lowest BCUT2D eigenvalue weighted by Crippen LogP contribution is -2.44. The number of rotatable bonds is 3. The first-order chi connectivity index (χ1) is 10.7. The summed E-state index contributed by atoms with van der Waals surface area (Å²) in [4.78, 5) is 12.4. The van der Waals surface area contributed by atoms with E-state index in [2.05, 4.69) is 22.8 Å². The summed E-state index contributed by atoms with van der Waals surface area (Å²) in [7, 11) is 0. The Morgan fingerprint density at radius 3 is 2.82 bits per heavy atom. The summed E-state index contributed by atoms with van der Waals surface area (Å²) >= 11 is 0. The van der Waals surface area contributed by atoms with Crippen molar-refractivity contribution in [1.29, 1.82) is 0 Å². The molecule has 1 amide bonds. The van der Waals surface area contributed by atoms with Crippen molar-refractivity contribution >= 4 is 11.6 Å². The number of phenols is 1. The molecule has 3 N–H and O–H groups in total. The number of carbonyl (C=O) groups is 1. The molecular weight excluding hydrogens is 276 g/mol. The van der Waals surface area contributed by atoms with Gasteiger partial charge in [0.2, 0.25) is 5.91 Å². The molecule has 1 aliphatic heterocycles. The van der Waals surface area contributed by atoms with Crippen molar-refractivity contribution in [3.63, 3.8) is 0 Å². The molecule has 1 atom stereocenters. The molecule has 0 radical (unpaired) electrons. The van der Waals surface area contributed by atoms with E-state index in [4.69, 9.17) is 0 Å². The van der Waals surface area contributed by atoms with Gasteiger partial charge in [-0.05, 0) is 41.7 Å². The lowest BCUT2D eigenvalue weighted by Gasteiger charge is -2.25. The summed E-state index contributed by atoms with van der Waals surface area (Å²) in [6, 6.07) is 13.2. The van der Waals surface area contributed by atoms with Gasteiger partial charge >= 0.3 is 0 Å². The maximum Gasteiger partial charge on any atom is 0.241 e. The molecule has 1 aliphatic rings. The Labute approximate surface area is 130 Å². The summed E-state index contributed by atoms with van der Waals surface area (Å²) in [5, 5.41) is 16.0. The third-order valence-corrected chi connectivity index (χ3v) is 4.12. The van der Waals surface area contributed by atoms with Crippen LogP contribution in [0, 0.1) is 0 Å². The predicted molar refractivity (Wildman–Crippen MR) is 86.9 cm³/mol. The Kier molecular flexibility index (Phi) is 4.11. The number of phenolic OH excluding ortho intramolecular Hbond substituents is 1. The highest BCUT2D eigenvalue weighted by Crippen LogP contribution is 2.25. The molecule has 0 aliphatic carbocycles. The molecule has 1 heterocycles. The van der Waals surface area contributed by atoms with Gasteiger partial charge in [0.1, 0.15) is 5.75 Å². The Balaban J connectivity index is 1.73. The van der Waals surface area contributed by atoms with Gasteiger partial charge in [-0.25, -0.2) is 0 Å². The number of aryl methyl sites for hydroxylation is 1. The van der Waals surface area contributed by atoms with Crippen LogP contribution in [0.3, 0.4) is 0 Å². The highest BCUT2D eigenvalue weighted by atomic mass is 16.3. The van der Waals surface area contributed by atoms with E-state index in [9.17, 15) is 9.90 Å². The van der Waals surface area contributed by atoms with Crippen LogP contribution in [0.5, 0.6) is 5.75 Å². The van der Waals surface area contributed by atoms with Gasteiger partial charge in [-0.3, -0.25) is 4.79 Å². The van der Waals surface area contributed by atoms with Crippen LogP contribution in [-0.4, -0.2) is 17.1 Å². The zero-order valence-corrected chi connectivity index (χ0v) is 12.6. The number of carbonyl (C=O) groups excluding carboxylic acids is 1. The van der Waals surface area contributed by atoms with Gasteiger partial charge in [-0.2, -0.15) is 0 Å². The molecular formula is C18H20N2O2. The van der Waals surface area contributed by atoms with Gasteiger partial charge in [-0.15, -0.1) is 0 Å². The van der Waals surface area contributed by atoms with Gasteiger partial charge in [-0.1, -0.05) is 37.3 Å². The summed E-state index contributed by atoms with van der Waals surface area (Å²) < 4.78 is 0. The quantitative estimate of drug-likeness (QED) is 0.763. The maximum absolute atomic E-state index is 12.4. The minimum absolute atomic E-state index is 0.0989. The van der Waals surface area contributed by atoms with E-state index < -0.39 is 0 Å². The SMILES string of the molecule is CCc1ccc(O)c(NC(=O)C2Cc3ccccc3CN2)c1. The van der Waals surface area contributed by atoms with Gasteiger partial charge in [0.15, 0.2) is 0 Å². The highest BCUT2D eigenvalue weighted by molar-refractivity contribution is 5.96. The lowest BCUT2D eigenvalue weighted by molar-refractivity contribution is -0.118. The third-order valence-electron chi connectivity index (χ3n) is 4.12. The summed E-state index contributed by atoms with van der Waals surface area (Å²) in [6.45, 7) is 2.73.